The van der Waals surface area contributed by atoms with Crippen LogP contribution in [0, 0.1) is 5.82 Å². The van der Waals surface area contributed by atoms with E-state index in [1.165, 1.54) is 17.8 Å². The topological polar surface area (TPSA) is 24.9 Å². The Labute approximate surface area is 130 Å². The lowest BCUT2D eigenvalue weighted by Crippen LogP contribution is -2.22. The number of aromatic nitrogens is 1. The Hall–Kier alpha value is -1.39. The molecule has 0 spiro atoms. The Morgan fingerprint density at radius 1 is 1.19 bits per heavy atom. The van der Waals surface area contributed by atoms with E-state index in [1.54, 1.807) is 12.1 Å². The van der Waals surface area contributed by atoms with E-state index < -0.39 is 0 Å². The summed E-state index contributed by atoms with van der Waals surface area (Å²) in [5, 5.41) is 3.48. The van der Waals surface area contributed by atoms with E-state index in [2.05, 4.69) is 24.1 Å². The van der Waals surface area contributed by atoms with Crippen molar-refractivity contribution in [1.82, 2.24) is 10.3 Å². The summed E-state index contributed by atoms with van der Waals surface area (Å²) in [4.78, 5) is 6.10. The number of nitrogens with one attached hydrogen (secondary N) is 1. The highest BCUT2D eigenvalue weighted by atomic mass is 32.2. The lowest BCUT2D eigenvalue weighted by atomic mass is 10.1. The van der Waals surface area contributed by atoms with Crippen molar-refractivity contribution in [3.63, 3.8) is 0 Å². The molecule has 2 nitrogen and oxygen atoms in total. The maximum atomic E-state index is 13.6. The van der Waals surface area contributed by atoms with Crippen molar-refractivity contribution in [2.24, 2.45) is 0 Å². The maximum absolute atomic E-state index is 13.6. The predicted molar refractivity (Wildman–Crippen MR) is 86.1 cm³/mol. The molecule has 0 radical (unpaired) electrons. The van der Waals surface area contributed by atoms with E-state index in [4.69, 9.17) is 0 Å². The number of rotatable bonds is 7. The van der Waals surface area contributed by atoms with Crippen molar-refractivity contribution in [2.75, 3.05) is 6.54 Å². The van der Waals surface area contributed by atoms with Crippen LogP contribution in [0.4, 0.5) is 4.39 Å². The smallest absolute Gasteiger partial charge is 0.137 e. The molecule has 2 aromatic rings. The number of nitrogens with zero attached hydrogens (tertiary/aromatic N) is 1. The van der Waals surface area contributed by atoms with Crippen molar-refractivity contribution in [3.05, 3.63) is 54.1 Å². The van der Waals surface area contributed by atoms with Gasteiger partial charge in [-0.25, -0.2) is 4.39 Å². The fraction of sp³-hybridized carbons (Fsp3) is 0.353. The van der Waals surface area contributed by atoms with Crippen molar-refractivity contribution in [2.45, 2.75) is 42.5 Å². The van der Waals surface area contributed by atoms with Crippen LogP contribution in [0.1, 0.15) is 38.4 Å². The molecule has 0 aliphatic heterocycles. The number of hydrogen-bond donors (Lipinski definition) is 1. The van der Waals surface area contributed by atoms with Crippen LogP contribution in [0.3, 0.4) is 0 Å². The fourth-order valence-corrected chi connectivity index (χ4v) is 2.90. The summed E-state index contributed by atoms with van der Waals surface area (Å²) in [5.74, 6) is -0.192. The van der Waals surface area contributed by atoms with Gasteiger partial charge in [0.05, 0.1) is 5.69 Å². The summed E-state index contributed by atoms with van der Waals surface area (Å²) in [5.41, 5.74) is 1.05. The van der Waals surface area contributed by atoms with E-state index in [1.807, 2.05) is 24.4 Å². The Morgan fingerprint density at radius 3 is 2.62 bits per heavy atom. The summed E-state index contributed by atoms with van der Waals surface area (Å²) in [7, 11) is 0. The monoisotopic (exact) mass is 304 g/mol. The van der Waals surface area contributed by atoms with Crippen LogP contribution < -0.4 is 5.32 Å². The van der Waals surface area contributed by atoms with Gasteiger partial charge in [0.25, 0.3) is 0 Å². The molecule has 1 unspecified atom stereocenters. The summed E-state index contributed by atoms with van der Waals surface area (Å²) in [6, 6.07) is 11.1. The first-order valence-electron chi connectivity index (χ1n) is 7.36. The van der Waals surface area contributed by atoms with Crippen LogP contribution in [-0.4, -0.2) is 11.5 Å². The van der Waals surface area contributed by atoms with Crippen LogP contribution >= 0.6 is 11.8 Å². The number of hydrogen-bond acceptors (Lipinski definition) is 3. The lowest BCUT2D eigenvalue weighted by Gasteiger charge is -2.16. The highest BCUT2D eigenvalue weighted by Gasteiger charge is 2.10. The van der Waals surface area contributed by atoms with E-state index in [9.17, 15) is 4.39 Å². The standard InChI is InChI=1S/C17H21FN2S/c1-3-11-19-15(4-2)16-10-9-13(12-20-16)21-17-8-6-5-7-14(17)18/h5-10,12,15,19H,3-4,11H2,1-2H3. The Kier molecular flexibility index (Phi) is 6.21. The van der Waals surface area contributed by atoms with Gasteiger partial charge < -0.3 is 5.32 Å². The zero-order valence-electron chi connectivity index (χ0n) is 12.5. The van der Waals surface area contributed by atoms with Gasteiger partial charge >= 0.3 is 0 Å². The Morgan fingerprint density at radius 2 is 2.00 bits per heavy atom. The third-order valence-electron chi connectivity index (χ3n) is 3.23. The van der Waals surface area contributed by atoms with Gasteiger partial charge in [-0.1, -0.05) is 37.7 Å². The molecule has 0 bridgehead atoms. The molecule has 112 valence electrons. The third-order valence-corrected chi connectivity index (χ3v) is 4.26. The molecule has 0 aliphatic rings. The van der Waals surface area contributed by atoms with Gasteiger partial charge in [0.2, 0.25) is 0 Å². The van der Waals surface area contributed by atoms with E-state index >= 15 is 0 Å². The first-order chi connectivity index (χ1) is 10.2. The average molecular weight is 304 g/mol. The van der Waals surface area contributed by atoms with Gasteiger partial charge in [-0.2, -0.15) is 0 Å². The van der Waals surface area contributed by atoms with Gasteiger partial charge in [-0.15, -0.1) is 0 Å². The van der Waals surface area contributed by atoms with Crippen LogP contribution in [0.5, 0.6) is 0 Å². The highest BCUT2D eigenvalue weighted by Crippen LogP contribution is 2.29. The normalized spacial score (nSPS) is 12.3. The van der Waals surface area contributed by atoms with Crippen molar-refractivity contribution in [1.29, 1.82) is 0 Å². The zero-order chi connectivity index (χ0) is 15.1. The number of halogens is 1. The minimum atomic E-state index is -0.192. The fourth-order valence-electron chi connectivity index (χ4n) is 2.09. The molecule has 21 heavy (non-hydrogen) atoms. The van der Waals surface area contributed by atoms with Gasteiger partial charge in [0.1, 0.15) is 5.82 Å². The van der Waals surface area contributed by atoms with Crippen molar-refractivity contribution in [3.8, 4) is 0 Å². The number of pyridine rings is 1. The molecule has 1 aromatic heterocycles. The van der Waals surface area contributed by atoms with E-state index in [0.717, 1.165) is 30.0 Å². The van der Waals surface area contributed by atoms with Gasteiger partial charge in [0, 0.05) is 22.0 Å². The molecule has 1 heterocycles. The van der Waals surface area contributed by atoms with Crippen molar-refractivity contribution >= 4 is 11.8 Å². The molecule has 0 amide bonds. The van der Waals surface area contributed by atoms with Crippen LogP contribution in [0.25, 0.3) is 0 Å². The average Bonchev–Trinajstić information content (AvgIpc) is 2.52. The summed E-state index contributed by atoms with van der Waals surface area (Å²) >= 11 is 1.40. The molecule has 4 heteroatoms. The third kappa shape index (κ3) is 4.55. The zero-order valence-corrected chi connectivity index (χ0v) is 13.3. The molecule has 0 saturated heterocycles. The van der Waals surface area contributed by atoms with Gasteiger partial charge in [-0.3, -0.25) is 4.98 Å². The molecule has 1 aromatic carbocycles. The number of benzene rings is 1. The van der Waals surface area contributed by atoms with Crippen LogP contribution in [0.2, 0.25) is 0 Å². The summed E-state index contributed by atoms with van der Waals surface area (Å²) < 4.78 is 13.6. The molecular weight excluding hydrogens is 283 g/mol. The molecule has 1 N–H and O–H groups in total. The second-order valence-corrected chi connectivity index (χ2v) is 5.98. The van der Waals surface area contributed by atoms with Gasteiger partial charge in [0.15, 0.2) is 0 Å². The summed E-state index contributed by atoms with van der Waals surface area (Å²) in [6.07, 6.45) is 3.94. The van der Waals surface area contributed by atoms with Crippen LogP contribution in [-0.2, 0) is 0 Å². The molecule has 2 rings (SSSR count). The minimum Gasteiger partial charge on any atom is -0.309 e. The Balaban J connectivity index is 2.06. The SMILES string of the molecule is CCCNC(CC)c1ccc(Sc2ccccc2F)cn1. The maximum Gasteiger partial charge on any atom is 0.137 e. The van der Waals surface area contributed by atoms with Crippen LogP contribution in [0.15, 0.2) is 52.4 Å². The quantitative estimate of drug-likeness (QED) is 0.793. The van der Waals surface area contributed by atoms with Gasteiger partial charge in [-0.05, 0) is 43.7 Å². The second kappa shape index (κ2) is 8.15. The molecule has 0 aliphatic carbocycles. The predicted octanol–water partition coefficient (Wildman–Crippen LogP) is 4.82. The first kappa shape index (κ1) is 16.0. The molecule has 1 atom stereocenters. The molecule has 0 fully saturated rings. The highest BCUT2D eigenvalue weighted by molar-refractivity contribution is 7.99. The Bertz CT molecular complexity index is 557. The largest absolute Gasteiger partial charge is 0.309 e. The lowest BCUT2D eigenvalue weighted by molar-refractivity contribution is 0.507. The minimum absolute atomic E-state index is 0.192. The van der Waals surface area contributed by atoms with Crippen molar-refractivity contribution < 1.29 is 4.39 Å². The molecule has 0 saturated carbocycles. The first-order valence-corrected chi connectivity index (χ1v) is 8.18. The van der Waals surface area contributed by atoms with E-state index in [-0.39, 0.29) is 11.9 Å². The molecular formula is C17H21FN2S. The second-order valence-electron chi connectivity index (χ2n) is 4.87. The van der Waals surface area contributed by atoms with E-state index in [0.29, 0.717) is 4.90 Å². The summed E-state index contributed by atoms with van der Waals surface area (Å²) in [6.45, 7) is 5.30.